The maximum Gasteiger partial charge on any atom is 0.227 e. The van der Waals surface area contributed by atoms with Crippen molar-refractivity contribution >= 4 is 11.6 Å². The lowest BCUT2D eigenvalue weighted by molar-refractivity contribution is -0.117. The summed E-state index contributed by atoms with van der Waals surface area (Å²) in [7, 11) is 0. The quantitative estimate of drug-likeness (QED) is 0.795. The zero-order valence-corrected chi connectivity index (χ0v) is 8.53. The number of nitrogens with zero attached hydrogens (tertiary/aromatic N) is 1. The second kappa shape index (κ2) is 3.74. The van der Waals surface area contributed by atoms with Crippen molar-refractivity contribution in [2.75, 3.05) is 5.32 Å². The highest BCUT2D eigenvalue weighted by atomic mass is 16.2. The Bertz CT molecular complexity index is 433. The molecule has 1 fully saturated rings. The Morgan fingerprint density at radius 3 is 2.80 bits per heavy atom. The van der Waals surface area contributed by atoms with E-state index < -0.39 is 0 Å². The summed E-state index contributed by atoms with van der Waals surface area (Å²) in [6, 6.07) is 9.11. The summed E-state index contributed by atoms with van der Waals surface area (Å²) in [5.41, 5.74) is 1.13. The molecule has 2 atom stereocenters. The van der Waals surface area contributed by atoms with Crippen LogP contribution >= 0.6 is 0 Å². The second-order valence-electron chi connectivity index (χ2n) is 3.97. The smallest absolute Gasteiger partial charge is 0.227 e. The molecule has 1 aromatic rings. The SMILES string of the molecule is C[C@H]1C[C@H]1C(=O)Nc1ccccc1C#N. The number of rotatable bonds is 2. The highest BCUT2D eigenvalue weighted by Gasteiger charge is 2.39. The van der Waals surface area contributed by atoms with Crippen LogP contribution in [0.1, 0.15) is 18.9 Å². The number of hydrogen-bond donors (Lipinski definition) is 1. The summed E-state index contributed by atoms with van der Waals surface area (Å²) in [5.74, 6) is 0.654. The lowest BCUT2D eigenvalue weighted by Gasteiger charge is -2.05. The van der Waals surface area contributed by atoms with Crippen LogP contribution in [0.2, 0.25) is 0 Å². The normalized spacial score (nSPS) is 22.9. The van der Waals surface area contributed by atoms with Gasteiger partial charge in [0.2, 0.25) is 5.91 Å². The molecule has 1 saturated carbocycles. The zero-order valence-electron chi connectivity index (χ0n) is 8.53. The second-order valence-corrected chi connectivity index (χ2v) is 3.97. The first kappa shape index (κ1) is 9.72. The molecular formula is C12H12N2O. The van der Waals surface area contributed by atoms with Crippen molar-refractivity contribution in [3.8, 4) is 6.07 Å². The van der Waals surface area contributed by atoms with Gasteiger partial charge in [-0.25, -0.2) is 0 Å². The lowest BCUT2D eigenvalue weighted by atomic mass is 10.2. The third kappa shape index (κ3) is 1.99. The molecule has 0 spiro atoms. The molecule has 1 aliphatic rings. The Labute approximate surface area is 88.7 Å². The fraction of sp³-hybridized carbons (Fsp3) is 0.333. The van der Waals surface area contributed by atoms with E-state index in [9.17, 15) is 4.79 Å². The van der Waals surface area contributed by atoms with E-state index in [1.165, 1.54) is 0 Å². The molecule has 0 bridgehead atoms. The Hall–Kier alpha value is -1.82. The van der Waals surface area contributed by atoms with E-state index in [4.69, 9.17) is 5.26 Å². The fourth-order valence-corrected chi connectivity index (χ4v) is 1.60. The Kier molecular flexibility index (Phi) is 2.42. The van der Waals surface area contributed by atoms with Gasteiger partial charge in [0.15, 0.2) is 0 Å². The molecule has 15 heavy (non-hydrogen) atoms. The van der Waals surface area contributed by atoms with Crippen LogP contribution in [-0.4, -0.2) is 5.91 Å². The van der Waals surface area contributed by atoms with Crippen molar-refractivity contribution in [3.63, 3.8) is 0 Å². The average Bonchev–Trinajstić information content (AvgIpc) is 2.96. The van der Waals surface area contributed by atoms with Crippen LogP contribution in [0.4, 0.5) is 5.69 Å². The summed E-state index contributed by atoms with van der Waals surface area (Å²) >= 11 is 0. The minimum atomic E-state index is 0.0326. The summed E-state index contributed by atoms with van der Waals surface area (Å²) in [5, 5.41) is 11.6. The predicted molar refractivity (Wildman–Crippen MR) is 57.1 cm³/mol. The molecule has 3 heteroatoms. The molecule has 3 nitrogen and oxygen atoms in total. The molecule has 0 heterocycles. The summed E-state index contributed by atoms with van der Waals surface area (Å²) in [4.78, 5) is 11.6. The van der Waals surface area contributed by atoms with E-state index in [0.717, 1.165) is 6.42 Å². The number of nitrogens with one attached hydrogen (secondary N) is 1. The van der Waals surface area contributed by atoms with Gasteiger partial charge in [0.25, 0.3) is 0 Å². The number of carbonyl (C=O) groups excluding carboxylic acids is 1. The minimum Gasteiger partial charge on any atom is -0.325 e. The van der Waals surface area contributed by atoms with Crippen molar-refractivity contribution in [3.05, 3.63) is 29.8 Å². The molecule has 1 N–H and O–H groups in total. The summed E-state index contributed by atoms with van der Waals surface area (Å²) in [6.07, 6.45) is 0.959. The molecule has 0 radical (unpaired) electrons. The third-order valence-electron chi connectivity index (χ3n) is 2.75. The first-order chi connectivity index (χ1) is 7.22. The molecule has 0 unspecified atom stereocenters. The number of anilines is 1. The van der Waals surface area contributed by atoms with Crippen molar-refractivity contribution in [1.82, 2.24) is 0 Å². The van der Waals surface area contributed by atoms with E-state index in [1.807, 2.05) is 6.07 Å². The number of carbonyl (C=O) groups is 1. The molecule has 76 valence electrons. The standard InChI is InChI=1S/C12H12N2O/c1-8-6-10(8)12(15)14-11-5-3-2-4-9(11)7-13/h2-5,8,10H,6H2,1H3,(H,14,15)/t8-,10+/m0/s1. The predicted octanol–water partition coefficient (Wildman–Crippen LogP) is 2.15. The Balaban J connectivity index is 2.11. The van der Waals surface area contributed by atoms with E-state index in [2.05, 4.69) is 18.3 Å². The van der Waals surface area contributed by atoms with Crippen molar-refractivity contribution in [1.29, 1.82) is 5.26 Å². The number of para-hydroxylation sites is 1. The maximum absolute atomic E-state index is 11.6. The van der Waals surface area contributed by atoms with E-state index in [1.54, 1.807) is 18.2 Å². The first-order valence-corrected chi connectivity index (χ1v) is 5.02. The van der Waals surface area contributed by atoms with Crippen molar-refractivity contribution in [2.24, 2.45) is 11.8 Å². The van der Waals surface area contributed by atoms with Crippen LogP contribution in [0.15, 0.2) is 24.3 Å². The van der Waals surface area contributed by atoms with Gasteiger partial charge in [0.05, 0.1) is 11.3 Å². The number of nitriles is 1. The minimum absolute atomic E-state index is 0.0326. The molecular weight excluding hydrogens is 188 g/mol. The summed E-state index contributed by atoms with van der Waals surface area (Å²) < 4.78 is 0. The van der Waals surface area contributed by atoms with Crippen LogP contribution in [0, 0.1) is 23.2 Å². The topological polar surface area (TPSA) is 52.9 Å². The Morgan fingerprint density at radius 1 is 1.53 bits per heavy atom. The number of amides is 1. The van der Waals surface area contributed by atoms with Crippen LogP contribution < -0.4 is 5.32 Å². The van der Waals surface area contributed by atoms with Gasteiger partial charge < -0.3 is 5.32 Å². The fourth-order valence-electron chi connectivity index (χ4n) is 1.60. The van der Waals surface area contributed by atoms with Gasteiger partial charge in [-0.05, 0) is 24.5 Å². The number of benzene rings is 1. The molecule has 0 aromatic heterocycles. The Morgan fingerprint density at radius 2 is 2.20 bits per heavy atom. The zero-order chi connectivity index (χ0) is 10.8. The van der Waals surface area contributed by atoms with E-state index >= 15 is 0 Å². The van der Waals surface area contributed by atoms with Crippen molar-refractivity contribution < 1.29 is 4.79 Å². The van der Waals surface area contributed by atoms with Gasteiger partial charge in [-0.3, -0.25) is 4.79 Å². The highest BCUT2D eigenvalue weighted by molar-refractivity contribution is 5.95. The van der Waals surface area contributed by atoms with Gasteiger partial charge in [-0.1, -0.05) is 19.1 Å². The monoisotopic (exact) mass is 200 g/mol. The van der Waals surface area contributed by atoms with Crippen molar-refractivity contribution in [2.45, 2.75) is 13.3 Å². The van der Waals surface area contributed by atoms with Crippen LogP contribution in [0.25, 0.3) is 0 Å². The van der Waals surface area contributed by atoms with Crippen LogP contribution in [0.5, 0.6) is 0 Å². The maximum atomic E-state index is 11.6. The molecule has 0 saturated heterocycles. The molecule has 2 rings (SSSR count). The first-order valence-electron chi connectivity index (χ1n) is 5.02. The lowest BCUT2D eigenvalue weighted by Crippen LogP contribution is -2.15. The highest BCUT2D eigenvalue weighted by Crippen LogP contribution is 2.38. The molecule has 1 amide bonds. The molecule has 0 aliphatic heterocycles. The van der Waals surface area contributed by atoms with Gasteiger partial charge in [-0.15, -0.1) is 0 Å². The molecule has 1 aromatic carbocycles. The van der Waals surface area contributed by atoms with E-state index in [-0.39, 0.29) is 11.8 Å². The van der Waals surface area contributed by atoms with Gasteiger partial charge in [0, 0.05) is 5.92 Å². The van der Waals surface area contributed by atoms with Gasteiger partial charge >= 0.3 is 0 Å². The third-order valence-corrected chi connectivity index (χ3v) is 2.75. The summed E-state index contributed by atoms with van der Waals surface area (Å²) in [6.45, 7) is 2.06. The van der Waals surface area contributed by atoms with Crippen LogP contribution in [-0.2, 0) is 4.79 Å². The average molecular weight is 200 g/mol. The largest absolute Gasteiger partial charge is 0.325 e. The van der Waals surface area contributed by atoms with Crippen LogP contribution in [0.3, 0.4) is 0 Å². The molecule has 1 aliphatic carbocycles. The van der Waals surface area contributed by atoms with E-state index in [0.29, 0.717) is 17.2 Å². The van der Waals surface area contributed by atoms with Gasteiger partial charge in [-0.2, -0.15) is 5.26 Å². The number of hydrogen-bond acceptors (Lipinski definition) is 2. The van der Waals surface area contributed by atoms with Gasteiger partial charge in [0.1, 0.15) is 6.07 Å².